The summed E-state index contributed by atoms with van der Waals surface area (Å²) in [5, 5.41) is 4.91. The van der Waals surface area contributed by atoms with E-state index < -0.39 is 0 Å². The van der Waals surface area contributed by atoms with Gasteiger partial charge in [0.2, 0.25) is 5.95 Å². The topological polar surface area (TPSA) is 75.6 Å². The number of aryl methyl sites for hydroxylation is 2. The molecule has 0 radical (unpaired) electrons. The van der Waals surface area contributed by atoms with E-state index >= 15 is 0 Å². The fourth-order valence-electron chi connectivity index (χ4n) is 4.26. The van der Waals surface area contributed by atoms with Crippen LogP contribution in [-0.2, 0) is 12.8 Å². The highest BCUT2D eigenvalue weighted by molar-refractivity contribution is 5.84. The second-order valence-corrected chi connectivity index (χ2v) is 7.69. The maximum atomic E-state index is 12.4. The summed E-state index contributed by atoms with van der Waals surface area (Å²) < 4.78 is 1.97. The monoisotopic (exact) mass is 393 g/mol. The summed E-state index contributed by atoms with van der Waals surface area (Å²) in [5.74, 6) is 0.453. The molecule has 0 saturated carbocycles. The van der Waals surface area contributed by atoms with Gasteiger partial charge in [0.15, 0.2) is 11.1 Å². The van der Waals surface area contributed by atoms with E-state index in [4.69, 9.17) is 4.98 Å². The lowest BCUT2D eigenvalue weighted by Crippen LogP contribution is -2.10. The summed E-state index contributed by atoms with van der Waals surface area (Å²) in [4.78, 5) is 24.7. The number of benzene rings is 2. The third kappa shape index (κ3) is 2.76. The summed E-state index contributed by atoms with van der Waals surface area (Å²) in [6.07, 6.45) is 8.75. The molecule has 2 N–H and O–H groups in total. The molecule has 146 valence electrons. The Bertz CT molecular complexity index is 1480. The molecule has 0 unspecified atom stereocenters. The van der Waals surface area contributed by atoms with Crippen molar-refractivity contribution in [3.8, 4) is 5.69 Å². The number of nitrogens with one attached hydrogen (secondary N) is 2. The highest BCUT2D eigenvalue weighted by Crippen LogP contribution is 2.26. The zero-order valence-corrected chi connectivity index (χ0v) is 16.2. The lowest BCUT2D eigenvalue weighted by Gasteiger charge is -2.13. The number of hydrogen-bond acceptors (Lipinski definition) is 4. The van der Waals surface area contributed by atoms with Crippen LogP contribution >= 0.6 is 0 Å². The Morgan fingerprint density at radius 3 is 2.90 bits per heavy atom. The predicted octanol–water partition coefficient (Wildman–Crippen LogP) is 4.49. The van der Waals surface area contributed by atoms with E-state index in [2.05, 4.69) is 33.5 Å². The molecule has 0 atom stereocenters. The molecule has 0 saturated heterocycles. The highest BCUT2D eigenvalue weighted by atomic mass is 16.1. The van der Waals surface area contributed by atoms with E-state index in [9.17, 15) is 4.79 Å². The Morgan fingerprint density at radius 2 is 1.93 bits per heavy atom. The lowest BCUT2D eigenvalue weighted by atomic mass is 10.1. The van der Waals surface area contributed by atoms with Crippen LogP contribution in [0.4, 0.5) is 11.6 Å². The molecule has 3 aromatic heterocycles. The van der Waals surface area contributed by atoms with Crippen LogP contribution in [0.3, 0.4) is 0 Å². The van der Waals surface area contributed by atoms with E-state index in [1.807, 2.05) is 35.0 Å². The molecule has 0 spiro atoms. The van der Waals surface area contributed by atoms with Crippen LogP contribution < -0.4 is 10.7 Å². The third-order valence-electron chi connectivity index (χ3n) is 5.81. The summed E-state index contributed by atoms with van der Waals surface area (Å²) in [5.41, 5.74) is 6.24. The van der Waals surface area contributed by atoms with Gasteiger partial charge < -0.3 is 14.9 Å². The fourth-order valence-corrected chi connectivity index (χ4v) is 4.26. The first-order chi connectivity index (χ1) is 14.7. The quantitative estimate of drug-likeness (QED) is 0.473. The van der Waals surface area contributed by atoms with Gasteiger partial charge in [-0.1, -0.05) is 12.1 Å². The highest BCUT2D eigenvalue weighted by Gasteiger charge is 2.14. The van der Waals surface area contributed by atoms with Gasteiger partial charge in [-0.05, 0) is 66.1 Å². The smallest absolute Gasteiger partial charge is 0.229 e. The average Bonchev–Trinajstić information content (AvgIpc) is 3.42. The average molecular weight is 393 g/mol. The molecular weight excluding hydrogens is 374 g/mol. The summed E-state index contributed by atoms with van der Waals surface area (Å²) in [6, 6.07) is 16.1. The largest absolute Gasteiger partial charge is 0.361 e. The molecule has 1 aliphatic carbocycles. The van der Waals surface area contributed by atoms with Crippen molar-refractivity contribution in [1.82, 2.24) is 19.5 Å². The predicted molar refractivity (Wildman–Crippen MR) is 119 cm³/mol. The number of aromatic amines is 1. The Morgan fingerprint density at radius 1 is 1.00 bits per heavy atom. The molecule has 1 aliphatic rings. The van der Waals surface area contributed by atoms with Crippen molar-refractivity contribution in [2.24, 2.45) is 0 Å². The summed E-state index contributed by atoms with van der Waals surface area (Å²) >= 11 is 0. The van der Waals surface area contributed by atoms with Crippen LogP contribution in [0.25, 0.3) is 27.6 Å². The van der Waals surface area contributed by atoms with Gasteiger partial charge in [-0.2, -0.15) is 4.98 Å². The molecule has 6 rings (SSSR count). The maximum Gasteiger partial charge on any atom is 0.229 e. The van der Waals surface area contributed by atoms with Crippen LogP contribution in [0.15, 0.2) is 71.9 Å². The van der Waals surface area contributed by atoms with E-state index in [0.29, 0.717) is 17.0 Å². The number of rotatable bonds is 3. The van der Waals surface area contributed by atoms with Crippen molar-refractivity contribution in [3.63, 3.8) is 0 Å². The molecule has 3 heterocycles. The molecule has 0 fully saturated rings. The zero-order valence-electron chi connectivity index (χ0n) is 16.2. The normalized spacial score (nSPS) is 13.1. The minimum absolute atomic E-state index is 0.0817. The van der Waals surface area contributed by atoms with Gasteiger partial charge in [0.1, 0.15) is 0 Å². The third-order valence-corrected chi connectivity index (χ3v) is 5.81. The van der Waals surface area contributed by atoms with Crippen LogP contribution in [0.1, 0.15) is 17.5 Å². The molecular formula is C24H19N5O. The molecule has 0 bridgehead atoms. The van der Waals surface area contributed by atoms with Gasteiger partial charge in [-0.3, -0.25) is 4.79 Å². The Kier molecular flexibility index (Phi) is 3.71. The van der Waals surface area contributed by atoms with Crippen molar-refractivity contribution in [1.29, 1.82) is 0 Å². The van der Waals surface area contributed by atoms with Crippen LogP contribution in [0, 0.1) is 0 Å². The van der Waals surface area contributed by atoms with E-state index in [0.717, 1.165) is 35.1 Å². The molecule has 6 nitrogen and oxygen atoms in total. The number of aromatic nitrogens is 4. The Labute approximate surface area is 172 Å². The van der Waals surface area contributed by atoms with Gasteiger partial charge in [-0.15, -0.1) is 0 Å². The Balaban J connectivity index is 1.46. The molecule has 5 aromatic rings. The van der Waals surface area contributed by atoms with Crippen LogP contribution in [0.5, 0.6) is 0 Å². The fraction of sp³-hybridized carbons (Fsp3) is 0.125. The van der Waals surface area contributed by atoms with Gasteiger partial charge >= 0.3 is 0 Å². The van der Waals surface area contributed by atoms with Crippen molar-refractivity contribution in [2.75, 3.05) is 5.32 Å². The van der Waals surface area contributed by atoms with Crippen molar-refractivity contribution >= 4 is 33.6 Å². The number of fused-ring (bicyclic) bond motifs is 3. The first-order valence-corrected chi connectivity index (χ1v) is 10.1. The number of hydrogen-bond donors (Lipinski definition) is 2. The standard InChI is InChI=1S/C24H19N5O/c30-22-9-11-29(19-7-5-15-2-1-3-17(15)12-19)23-20(22)14-26-24(28-23)27-18-6-4-16-8-10-25-21(16)13-18/h4-14,25H,1-3H2,(H,26,27,28). The van der Waals surface area contributed by atoms with Gasteiger partial charge in [-0.25, -0.2) is 4.98 Å². The van der Waals surface area contributed by atoms with Crippen molar-refractivity contribution < 1.29 is 0 Å². The number of anilines is 2. The molecule has 0 amide bonds. The minimum atomic E-state index is -0.0817. The van der Waals surface area contributed by atoms with Crippen molar-refractivity contribution in [2.45, 2.75) is 19.3 Å². The second-order valence-electron chi connectivity index (χ2n) is 7.69. The van der Waals surface area contributed by atoms with Crippen molar-refractivity contribution in [3.05, 3.63) is 88.5 Å². The lowest BCUT2D eigenvalue weighted by molar-refractivity contribution is 0.911. The minimum Gasteiger partial charge on any atom is -0.361 e. The second kappa shape index (κ2) is 6.56. The van der Waals surface area contributed by atoms with E-state index in [-0.39, 0.29) is 5.43 Å². The Hall–Kier alpha value is -3.93. The number of pyridine rings is 1. The molecule has 30 heavy (non-hydrogen) atoms. The first kappa shape index (κ1) is 17.0. The van der Waals surface area contributed by atoms with E-state index in [1.165, 1.54) is 17.5 Å². The molecule has 0 aliphatic heterocycles. The number of nitrogens with zero attached hydrogens (tertiary/aromatic N) is 3. The molecule has 2 aromatic carbocycles. The van der Waals surface area contributed by atoms with Crippen LogP contribution in [0.2, 0.25) is 0 Å². The zero-order chi connectivity index (χ0) is 20.1. The molecule has 6 heteroatoms. The first-order valence-electron chi connectivity index (χ1n) is 10.1. The maximum absolute atomic E-state index is 12.4. The van der Waals surface area contributed by atoms with Crippen LogP contribution in [-0.4, -0.2) is 19.5 Å². The summed E-state index contributed by atoms with van der Waals surface area (Å²) in [7, 11) is 0. The van der Waals surface area contributed by atoms with E-state index in [1.54, 1.807) is 18.5 Å². The SMILES string of the molecule is O=c1ccn(-c2ccc3c(c2)CCC3)c2nc(Nc3ccc4cc[nH]c4c3)ncc12. The summed E-state index contributed by atoms with van der Waals surface area (Å²) in [6.45, 7) is 0. The number of H-pyrrole nitrogens is 1. The van der Waals surface area contributed by atoms with Gasteiger partial charge in [0, 0.05) is 41.5 Å². The van der Waals surface area contributed by atoms with Gasteiger partial charge in [0.25, 0.3) is 0 Å². The van der Waals surface area contributed by atoms with Gasteiger partial charge in [0.05, 0.1) is 5.39 Å².